The number of likely N-dealkylation sites (N-methyl/N-ethyl adjacent to an activating group) is 1. The molecule has 0 N–H and O–H groups in total. The van der Waals surface area contributed by atoms with Gasteiger partial charge in [-0.25, -0.2) is 4.79 Å². The maximum atomic E-state index is 11.8. The van der Waals surface area contributed by atoms with Crippen molar-refractivity contribution in [3.63, 3.8) is 0 Å². The van der Waals surface area contributed by atoms with Gasteiger partial charge in [-0.05, 0) is 30.7 Å². The molecule has 0 bridgehead atoms. The van der Waals surface area contributed by atoms with E-state index >= 15 is 0 Å². The second-order valence-corrected chi connectivity index (χ2v) is 4.63. The van der Waals surface area contributed by atoms with Gasteiger partial charge < -0.3 is 14.5 Å². The van der Waals surface area contributed by atoms with Crippen LogP contribution in [0.4, 0.5) is 5.69 Å². The maximum Gasteiger partial charge on any atom is 0.337 e. The highest BCUT2D eigenvalue weighted by atomic mass is 16.5. The molecule has 1 aromatic carbocycles. The summed E-state index contributed by atoms with van der Waals surface area (Å²) in [5, 5.41) is 0. The van der Waals surface area contributed by atoms with Gasteiger partial charge in [-0.3, -0.25) is 4.79 Å². The first-order chi connectivity index (χ1) is 9.11. The zero-order chi connectivity index (χ0) is 13.8. The lowest BCUT2D eigenvalue weighted by molar-refractivity contribution is -0.127. The van der Waals surface area contributed by atoms with Crippen LogP contribution in [0.15, 0.2) is 24.3 Å². The quantitative estimate of drug-likeness (QED) is 0.750. The van der Waals surface area contributed by atoms with Crippen LogP contribution in [0, 0.1) is 0 Å². The number of carbonyl (C=O) groups excluding carboxylic acids is 2. The minimum atomic E-state index is -0.349. The predicted molar refractivity (Wildman–Crippen MR) is 72.2 cm³/mol. The van der Waals surface area contributed by atoms with Gasteiger partial charge in [0.25, 0.3) is 0 Å². The summed E-state index contributed by atoms with van der Waals surface area (Å²) in [5.41, 5.74) is 1.47. The van der Waals surface area contributed by atoms with Crippen LogP contribution in [0.3, 0.4) is 0 Å². The molecule has 1 aliphatic rings. The van der Waals surface area contributed by atoms with E-state index in [9.17, 15) is 9.59 Å². The summed E-state index contributed by atoms with van der Waals surface area (Å²) in [6, 6.07) is 7.15. The molecule has 0 radical (unpaired) electrons. The number of carbonyl (C=O) groups is 2. The third-order valence-electron chi connectivity index (χ3n) is 3.33. The molecule has 0 aliphatic carbocycles. The van der Waals surface area contributed by atoms with Crippen LogP contribution in [-0.4, -0.2) is 50.6 Å². The lowest BCUT2D eigenvalue weighted by atomic mass is 10.2. The summed E-state index contributed by atoms with van der Waals surface area (Å²) >= 11 is 0. The minimum Gasteiger partial charge on any atom is -0.465 e. The Morgan fingerprint density at radius 3 is 2.53 bits per heavy atom. The van der Waals surface area contributed by atoms with Crippen LogP contribution >= 0.6 is 0 Å². The average molecular weight is 262 g/mol. The fourth-order valence-corrected chi connectivity index (χ4v) is 2.13. The van der Waals surface area contributed by atoms with Crippen molar-refractivity contribution < 1.29 is 14.3 Å². The molecule has 5 nitrogen and oxygen atoms in total. The van der Waals surface area contributed by atoms with E-state index in [1.54, 1.807) is 17.0 Å². The molecular weight excluding hydrogens is 244 g/mol. The zero-order valence-corrected chi connectivity index (χ0v) is 11.3. The Kier molecular flexibility index (Phi) is 4.04. The van der Waals surface area contributed by atoms with Gasteiger partial charge >= 0.3 is 5.97 Å². The fourth-order valence-electron chi connectivity index (χ4n) is 2.13. The van der Waals surface area contributed by atoms with E-state index in [4.69, 9.17) is 0 Å². The normalized spacial score (nSPS) is 16.2. The van der Waals surface area contributed by atoms with E-state index < -0.39 is 0 Å². The Morgan fingerprint density at radius 2 is 1.89 bits per heavy atom. The molecule has 2 rings (SSSR count). The van der Waals surface area contributed by atoms with E-state index in [0.29, 0.717) is 12.1 Å². The Labute approximate surface area is 112 Å². The van der Waals surface area contributed by atoms with Gasteiger partial charge in [-0.1, -0.05) is 0 Å². The van der Waals surface area contributed by atoms with E-state index in [2.05, 4.69) is 4.74 Å². The molecule has 0 atom stereocenters. The van der Waals surface area contributed by atoms with Crippen molar-refractivity contribution in [3.8, 4) is 0 Å². The summed E-state index contributed by atoms with van der Waals surface area (Å²) < 4.78 is 4.66. The molecule has 1 saturated heterocycles. The highest BCUT2D eigenvalue weighted by Crippen LogP contribution is 2.18. The molecule has 1 aromatic rings. The number of methoxy groups -OCH3 is 1. The molecule has 1 amide bonds. The monoisotopic (exact) mass is 262 g/mol. The van der Waals surface area contributed by atoms with Gasteiger partial charge in [-0.15, -0.1) is 0 Å². The summed E-state index contributed by atoms with van der Waals surface area (Å²) in [6.07, 6.45) is 0.945. The van der Waals surface area contributed by atoms with Crippen molar-refractivity contribution in [2.45, 2.75) is 6.42 Å². The van der Waals surface area contributed by atoms with Crippen molar-refractivity contribution >= 4 is 17.6 Å². The summed E-state index contributed by atoms with van der Waals surface area (Å²) in [4.78, 5) is 27.0. The number of benzene rings is 1. The Balaban J connectivity index is 2.13. The first-order valence-corrected chi connectivity index (χ1v) is 6.29. The number of hydrogen-bond acceptors (Lipinski definition) is 4. The number of esters is 1. The molecule has 1 heterocycles. The van der Waals surface area contributed by atoms with Crippen molar-refractivity contribution in [1.29, 1.82) is 0 Å². The van der Waals surface area contributed by atoms with Crippen molar-refractivity contribution in [2.75, 3.05) is 38.7 Å². The highest BCUT2D eigenvalue weighted by Gasteiger charge is 2.19. The van der Waals surface area contributed by atoms with Crippen LogP contribution in [-0.2, 0) is 9.53 Å². The van der Waals surface area contributed by atoms with E-state index in [-0.39, 0.29) is 11.9 Å². The molecule has 5 heteroatoms. The summed E-state index contributed by atoms with van der Waals surface area (Å²) in [6.45, 7) is 2.01. The molecule has 0 unspecified atom stereocenters. The average Bonchev–Trinajstić information content (AvgIpc) is 2.60. The van der Waals surface area contributed by atoms with Gasteiger partial charge in [0.15, 0.2) is 0 Å². The third kappa shape index (κ3) is 3.05. The van der Waals surface area contributed by atoms with Crippen molar-refractivity contribution in [2.24, 2.45) is 0 Å². The van der Waals surface area contributed by atoms with Gasteiger partial charge in [0.2, 0.25) is 5.91 Å². The highest BCUT2D eigenvalue weighted by molar-refractivity contribution is 5.90. The molecule has 102 valence electrons. The number of ether oxygens (including phenoxy) is 1. The minimum absolute atomic E-state index is 0.120. The first kappa shape index (κ1) is 13.4. The first-order valence-electron chi connectivity index (χ1n) is 6.29. The summed E-state index contributed by atoms with van der Waals surface area (Å²) in [5.74, 6) is -0.229. The standard InChI is InChI=1S/C14H18N2O3/c1-15-8-3-9-16(10-13(15)17)12-6-4-11(5-7-12)14(18)19-2/h4-7H,3,8-10H2,1-2H3. The zero-order valence-electron chi connectivity index (χ0n) is 11.3. The number of amides is 1. The second kappa shape index (κ2) is 5.73. The molecule has 0 saturated carbocycles. The van der Waals surface area contributed by atoms with Crippen molar-refractivity contribution in [1.82, 2.24) is 4.90 Å². The summed E-state index contributed by atoms with van der Waals surface area (Å²) in [7, 11) is 3.19. The van der Waals surface area contributed by atoms with Crippen LogP contribution < -0.4 is 4.90 Å². The number of rotatable bonds is 2. The van der Waals surface area contributed by atoms with Gasteiger partial charge in [0.1, 0.15) is 0 Å². The molecule has 19 heavy (non-hydrogen) atoms. The fraction of sp³-hybridized carbons (Fsp3) is 0.429. The topological polar surface area (TPSA) is 49.9 Å². The predicted octanol–water partition coefficient (Wildman–Crippen LogP) is 1.14. The van der Waals surface area contributed by atoms with E-state index in [0.717, 1.165) is 25.2 Å². The van der Waals surface area contributed by atoms with Crippen LogP contribution in [0.2, 0.25) is 0 Å². The van der Waals surface area contributed by atoms with Crippen LogP contribution in [0.5, 0.6) is 0 Å². The van der Waals surface area contributed by atoms with Crippen LogP contribution in [0.1, 0.15) is 16.8 Å². The molecule has 1 fully saturated rings. The SMILES string of the molecule is COC(=O)c1ccc(N2CCCN(C)C(=O)C2)cc1. The van der Waals surface area contributed by atoms with Crippen molar-refractivity contribution in [3.05, 3.63) is 29.8 Å². The Hall–Kier alpha value is -2.04. The van der Waals surface area contributed by atoms with Gasteiger partial charge in [0.05, 0.1) is 19.2 Å². The lowest BCUT2D eigenvalue weighted by Gasteiger charge is -2.22. The maximum absolute atomic E-state index is 11.8. The third-order valence-corrected chi connectivity index (χ3v) is 3.33. The number of hydrogen-bond donors (Lipinski definition) is 0. The lowest BCUT2D eigenvalue weighted by Crippen LogP contribution is -2.34. The van der Waals surface area contributed by atoms with E-state index in [1.165, 1.54) is 7.11 Å². The van der Waals surface area contributed by atoms with Gasteiger partial charge in [-0.2, -0.15) is 0 Å². The Bertz CT molecular complexity index is 470. The molecule has 0 aromatic heterocycles. The molecule has 0 spiro atoms. The number of nitrogens with zero attached hydrogens (tertiary/aromatic N) is 2. The molecular formula is C14H18N2O3. The number of anilines is 1. The van der Waals surface area contributed by atoms with Gasteiger partial charge in [0, 0.05) is 25.8 Å². The second-order valence-electron chi connectivity index (χ2n) is 4.63. The Morgan fingerprint density at radius 1 is 1.21 bits per heavy atom. The largest absolute Gasteiger partial charge is 0.465 e. The van der Waals surface area contributed by atoms with E-state index in [1.807, 2.05) is 24.1 Å². The smallest absolute Gasteiger partial charge is 0.337 e. The van der Waals surface area contributed by atoms with Crippen LogP contribution in [0.25, 0.3) is 0 Å². The molecule has 1 aliphatic heterocycles.